The van der Waals surface area contributed by atoms with Crippen molar-refractivity contribution in [3.8, 4) is 0 Å². The van der Waals surface area contributed by atoms with Crippen LogP contribution in [0.15, 0.2) is 33.5 Å². The van der Waals surface area contributed by atoms with Crippen LogP contribution in [0.4, 0.5) is 0 Å². The topological polar surface area (TPSA) is 57.0 Å². The maximum atomic E-state index is 6.13. The summed E-state index contributed by atoms with van der Waals surface area (Å²) in [5.41, 5.74) is 7.11. The number of halogens is 1. The summed E-state index contributed by atoms with van der Waals surface area (Å²) in [5.74, 6) is 0.740. The fraction of sp³-hybridized carbons (Fsp3) is 0.364. The monoisotopic (exact) mass is 283 g/mol. The minimum absolute atomic E-state index is 0.264. The Hall–Kier alpha value is -1.07. The zero-order chi connectivity index (χ0) is 11.5. The van der Waals surface area contributed by atoms with E-state index in [0.717, 1.165) is 24.4 Å². The molecule has 2 aromatic heterocycles. The van der Waals surface area contributed by atoms with Gasteiger partial charge in [-0.3, -0.25) is 4.68 Å². The predicted molar refractivity (Wildman–Crippen MR) is 65.0 cm³/mol. The molecule has 0 amide bonds. The summed E-state index contributed by atoms with van der Waals surface area (Å²) >= 11 is 3.27. The summed E-state index contributed by atoms with van der Waals surface area (Å²) < 4.78 is 8.06. The average Bonchev–Trinajstić information content (AvgIpc) is 2.87. The zero-order valence-electron chi connectivity index (χ0n) is 9.06. The van der Waals surface area contributed by atoms with Crippen LogP contribution in [0.25, 0.3) is 0 Å². The third-order valence-corrected chi connectivity index (χ3v) is 2.83. The first kappa shape index (κ1) is 11.4. The van der Waals surface area contributed by atoms with Gasteiger partial charge in [0.15, 0.2) is 4.67 Å². The Labute approximate surface area is 103 Å². The normalized spacial score (nSPS) is 12.9. The molecule has 0 aliphatic heterocycles. The molecule has 0 radical (unpaired) electrons. The first-order chi connectivity index (χ1) is 7.72. The molecule has 2 N–H and O–H groups in total. The third kappa shape index (κ3) is 2.20. The smallest absolute Gasteiger partial charge is 0.169 e. The van der Waals surface area contributed by atoms with Gasteiger partial charge in [0.2, 0.25) is 0 Å². The summed E-state index contributed by atoms with van der Waals surface area (Å²) in [6.07, 6.45) is 2.80. The molecule has 1 unspecified atom stereocenters. The lowest BCUT2D eigenvalue weighted by Crippen LogP contribution is -2.17. The Morgan fingerprint density at radius 2 is 2.31 bits per heavy atom. The van der Waals surface area contributed by atoms with E-state index in [2.05, 4.69) is 28.0 Å². The molecule has 2 heterocycles. The molecule has 16 heavy (non-hydrogen) atoms. The van der Waals surface area contributed by atoms with Gasteiger partial charge in [-0.1, -0.05) is 6.92 Å². The van der Waals surface area contributed by atoms with E-state index < -0.39 is 0 Å². The van der Waals surface area contributed by atoms with Crippen molar-refractivity contribution in [2.24, 2.45) is 5.73 Å². The van der Waals surface area contributed by atoms with E-state index in [1.165, 1.54) is 0 Å². The maximum Gasteiger partial charge on any atom is 0.169 e. The van der Waals surface area contributed by atoms with E-state index in [4.69, 9.17) is 10.2 Å². The van der Waals surface area contributed by atoms with Crippen LogP contribution in [0.5, 0.6) is 0 Å². The van der Waals surface area contributed by atoms with Gasteiger partial charge in [-0.2, -0.15) is 5.10 Å². The Morgan fingerprint density at radius 1 is 1.50 bits per heavy atom. The lowest BCUT2D eigenvalue weighted by atomic mass is 10.1. The Morgan fingerprint density at radius 3 is 2.94 bits per heavy atom. The van der Waals surface area contributed by atoms with Crippen molar-refractivity contribution >= 4 is 15.9 Å². The lowest BCUT2D eigenvalue weighted by Gasteiger charge is -2.11. The average molecular weight is 284 g/mol. The number of aryl methyl sites for hydroxylation is 1. The summed E-state index contributed by atoms with van der Waals surface area (Å²) in [6, 6.07) is 5.38. The number of aromatic nitrogens is 2. The van der Waals surface area contributed by atoms with Crippen molar-refractivity contribution in [3.05, 3.63) is 40.5 Å². The summed E-state index contributed by atoms with van der Waals surface area (Å²) in [4.78, 5) is 0. The number of nitrogens with zero attached hydrogens (tertiary/aromatic N) is 2. The standard InChI is InChI=1S/C11H14BrN3O/c1-2-7-15-8(5-6-14-15)11(13)9-3-4-10(12)16-9/h3-6,11H,2,7,13H2,1H3. The molecule has 86 valence electrons. The van der Waals surface area contributed by atoms with Crippen LogP contribution >= 0.6 is 15.9 Å². The molecule has 0 saturated carbocycles. The highest BCUT2D eigenvalue weighted by atomic mass is 79.9. The molecular weight excluding hydrogens is 270 g/mol. The van der Waals surface area contributed by atoms with E-state index in [1.807, 2.05) is 22.9 Å². The maximum absolute atomic E-state index is 6.13. The third-order valence-electron chi connectivity index (χ3n) is 2.40. The molecule has 2 aromatic rings. The molecule has 0 saturated heterocycles. The van der Waals surface area contributed by atoms with Gasteiger partial charge in [0.25, 0.3) is 0 Å². The van der Waals surface area contributed by atoms with Crippen molar-refractivity contribution in [1.29, 1.82) is 0 Å². The van der Waals surface area contributed by atoms with Crippen LogP contribution in [0.1, 0.15) is 30.8 Å². The van der Waals surface area contributed by atoms with Crippen molar-refractivity contribution in [2.75, 3.05) is 0 Å². The van der Waals surface area contributed by atoms with Gasteiger partial charge in [-0.25, -0.2) is 0 Å². The quantitative estimate of drug-likeness (QED) is 0.939. The van der Waals surface area contributed by atoms with Crippen LogP contribution < -0.4 is 5.73 Å². The van der Waals surface area contributed by atoms with Crippen molar-refractivity contribution in [1.82, 2.24) is 9.78 Å². The van der Waals surface area contributed by atoms with Gasteiger partial charge in [-0.05, 0) is 40.5 Å². The van der Waals surface area contributed by atoms with Gasteiger partial charge < -0.3 is 10.2 Å². The van der Waals surface area contributed by atoms with Crippen LogP contribution in [0, 0.1) is 0 Å². The second kappa shape index (κ2) is 4.84. The second-order valence-electron chi connectivity index (χ2n) is 3.60. The van der Waals surface area contributed by atoms with Crippen LogP contribution in [0.3, 0.4) is 0 Å². The summed E-state index contributed by atoms with van der Waals surface area (Å²) in [5, 5.41) is 4.24. The van der Waals surface area contributed by atoms with E-state index >= 15 is 0 Å². The molecule has 4 nitrogen and oxygen atoms in total. The van der Waals surface area contributed by atoms with Gasteiger partial charge in [0.05, 0.1) is 5.69 Å². The van der Waals surface area contributed by atoms with Crippen LogP contribution in [-0.2, 0) is 6.54 Å². The Balaban J connectivity index is 2.26. The highest BCUT2D eigenvalue weighted by Crippen LogP contribution is 2.24. The Kier molecular flexibility index (Phi) is 3.46. The molecule has 0 aliphatic rings. The lowest BCUT2D eigenvalue weighted by molar-refractivity contribution is 0.453. The van der Waals surface area contributed by atoms with Gasteiger partial charge in [0, 0.05) is 12.7 Å². The van der Waals surface area contributed by atoms with E-state index in [9.17, 15) is 0 Å². The van der Waals surface area contributed by atoms with Gasteiger partial charge >= 0.3 is 0 Å². The molecule has 5 heteroatoms. The largest absolute Gasteiger partial charge is 0.452 e. The first-order valence-corrected chi connectivity index (χ1v) is 6.04. The van der Waals surface area contributed by atoms with Gasteiger partial charge in [0.1, 0.15) is 11.8 Å². The van der Waals surface area contributed by atoms with E-state index in [1.54, 1.807) is 6.20 Å². The number of hydrogen-bond acceptors (Lipinski definition) is 3. The number of rotatable bonds is 4. The molecule has 0 spiro atoms. The van der Waals surface area contributed by atoms with Gasteiger partial charge in [-0.15, -0.1) is 0 Å². The van der Waals surface area contributed by atoms with Crippen molar-refractivity contribution < 1.29 is 4.42 Å². The minimum Gasteiger partial charge on any atom is -0.452 e. The summed E-state index contributed by atoms with van der Waals surface area (Å²) in [6.45, 7) is 2.98. The predicted octanol–water partition coefficient (Wildman–Crippen LogP) is 2.70. The van der Waals surface area contributed by atoms with Crippen LogP contribution in [-0.4, -0.2) is 9.78 Å². The van der Waals surface area contributed by atoms with Crippen LogP contribution in [0.2, 0.25) is 0 Å². The zero-order valence-corrected chi connectivity index (χ0v) is 10.6. The van der Waals surface area contributed by atoms with E-state index in [0.29, 0.717) is 4.67 Å². The fourth-order valence-electron chi connectivity index (χ4n) is 1.65. The highest BCUT2D eigenvalue weighted by Gasteiger charge is 2.16. The SMILES string of the molecule is CCCn1nccc1C(N)c1ccc(Br)o1. The molecule has 0 bridgehead atoms. The molecule has 0 aromatic carbocycles. The molecule has 2 rings (SSSR count). The van der Waals surface area contributed by atoms with Crippen molar-refractivity contribution in [3.63, 3.8) is 0 Å². The second-order valence-corrected chi connectivity index (χ2v) is 4.38. The molecule has 1 atom stereocenters. The molecule has 0 aliphatic carbocycles. The highest BCUT2D eigenvalue weighted by molar-refractivity contribution is 9.10. The van der Waals surface area contributed by atoms with Crippen molar-refractivity contribution in [2.45, 2.75) is 25.9 Å². The molecular formula is C11H14BrN3O. The Bertz CT molecular complexity index is 463. The fourth-order valence-corrected chi connectivity index (χ4v) is 1.97. The van der Waals surface area contributed by atoms with E-state index in [-0.39, 0.29) is 6.04 Å². The number of nitrogens with two attached hydrogens (primary N) is 1. The molecule has 0 fully saturated rings. The number of hydrogen-bond donors (Lipinski definition) is 1. The number of furan rings is 1. The minimum atomic E-state index is -0.264. The summed E-state index contributed by atoms with van der Waals surface area (Å²) in [7, 11) is 0. The first-order valence-electron chi connectivity index (χ1n) is 5.25.